The van der Waals surface area contributed by atoms with Crippen molar-refractivity contribution in [3.63, 3.8) is 0 Å². The number of rotatable bonds is 6. The van der Waals surface area contributed by atoms with Gasteiger partial charge in [0.05, 0.1) is 36.1 Å². The Bertz CT molecular complexity index is 1220. The van der Waals surface area contributed by atoms with Gasteiger partial charge >= 0.3 is 0 Å². The molecule has 2 heterocycles. The highest BCUT2D eigenvalue weighted by atomic mass is 32.2. The second-order valence-corrected chi connectivity index (χ2v) is 11.7. The zero-order chi connectivity index (χ0) is 23.6. The second-order valence-electron chi connectivity index (χ2n) is 7.54. The molecule has 1 amide bonds. The van der Waals surface area contributed by atoms with E-state index in [1.807, 2.05) is 0 Å². The van der Waals surface area contributed by atoms with Crippen molar-refractivity contribution in [2.75, 3.05) is 48.2 Å². The lowest BCUT2D eigenvalue weighted by Gasteiger charge is -2.34. The Morgan fingerprint density at radius 3 is 2.36 bits per heavy atom. The van der Waals surface area contributed by atoms with E-state index < -0.39 is 32.1 Å². The number of amides is 1. The maximum absolute atomic E-state index is 12.9. The maximum atomic E-state index is 12.9. The molecule has 0 unspecified atom stereocenters. The predicted molar refractivity (Wildman–Crippen MR) is 122 cm³/mol. The van der Waals surface area contributed by atoms with Gasteiger partial charge in [0.2, 0.25) is 20.0 Å². The lowest BCUT2D eigenvalue weighted by molar-refractivity contribution is -0.122. The van der Waals surface area contributed by atoms with Crippen LogP contribution in [0.2, 0.25) is 0 Å². The number of anilines is 2. The van der Waals surface area contributed by atoms with Gasteiger partial charge in [-0.25, -0.2) is 16.8 Å². The molecule has 0 spiro atoms. The van der Waals surface area contributed by atoms with E-state index >= 15 is 0 Å². The summed E-state index contributed by atoms with van der Waals surface area (Å²) in [6, 6.07) is 12.5. The van der Waals surface area contributed by atoms with Crippen LogP contribution in [0.25, 0.3) is 0 Å². The van der Waals surface area contributed by atoms with Crippen molar-refractivity contribution in [1.82, 2.24) is 4.31 Å². The standard InChI is InChI=1S/C21H25N3O7S2/c1-2-32(26,27)24-15-20(31-19-6-4-3-5-18(19)24)21(25)22-16-7-9-17(10-8-16)33(28,29)23-11-13-30-14-12-23/h3-10,20H,2,11-15H2,1H3,(H,22,25)/t20-/m1/s1. The fourth-order valence-electron chi connectivity index (χ4n) is 3.63. The van der Waals surface area contributed by atoms with Gasteiger partial charge in [-0.1, -0.05) is 12.1 Å². The number of carbonyl (C=O) groups is 1. The maximum Gasteiger partial charge on any atom is 0.267 e. The first kappa shape index (κ1) is 23.5. The summed E-state index contributed by atoms with van der Waals surface area (Å²) in [5.74, 6) is -0.355. The summed E-state index contributed by atoms with van der Waals surface area (Å²) in [6.45, 7) is 2.65. The fraction of sp³-hybridized carbons (Fsp3) is 0.381. The molecule has 0 radical (unpaired) electrons. The van der Waals surface area contributed by atoms with E-state index in [0.29, 0.717) is 43.4 Å². The third-order valence-electron chi connectivity index (χ3n) is 5.46. The van der Waals surface area contributed by atoms with Crippen molar-refractivity contribution in [2.45, 2.75) is 17.9 Å². The van der Waals surface area contributed by atoms with Crippen LogP contribution in [0.4, 0.5) is 11.4 Å². The molecule has 0 saturated carbocycles. The first-order valence-electron chi connectivity index (χ1n) is 10.5. The van der Waals surface area contributed by atoms with Crippen LogP contribution in [0, 0.1) is 0 Å². The van der Waals surface area contributed by atoms with E-state index in [9.17, 15) is 21.6 Å². The number of benzene rings is 2. The number of nitrogens with one attached hydrogen (secondary N) is 1. The smallest absolute Gasteiger partial charge is 0.267 e. The molecule has 1 atom stereocenters. The van der Waals surface area contributed by atoms with Gasteiger partial charge in [0.25, 0.3) is 5.91 Å². The molecule has 2 aliphatic heterocycles. The Morgan fingerprint density at radius 1 is 1.03 bits per heavy atom. The highest BCUT2D eigenvalue weighted by molar-refractivity contribution is 7.92. The minimum absolute atomic E-state index is 0.116. The summed E-state index contributed by atoms with van der Waals surface area (Å²) >= 11 is 0. The van der Waals surface area contributed by atoms with Crippen molar-refractivity contribution < 1.29 is 31.1 Å². The Labute approximate surface area is 193 Å². The van der Waals surface area contributed by atoms with Crippen molar-refractivity contribution in [3.05, 3.63) is 48.5 Å². The van der Waals surface area contributed by atoms with Gasteiger partial charge in [0, 0.05) is 18.8 Å². The largest absolute Gasteiger partial charge is 0.476 e. The molecule has 12 heteroatoms. The molecule has 2 aromatic rings. The van der Waals surface area contributed by atoms with Gasteiger partial charge in [-0.05, 0) is 43.3 Å². The Kier molecular flexibility index (Phi) is 6.61. The molecular formula is C21H25N3O7S2. The molecule has 1 fully saturated rings. The molecule has 0 bridgehead atoms. The van der Waals surface area contributed by atoms with Crippen LogP contribution < -0.4 is 14.4 Å². The predicted octanol–water partition coefficient (Wildman–Crippen LogP) is 1.26. The minimum Gasteiger partial charge on any atom is -0.476 e. The van der Waals surface area contributed by atoms with Crippen molar-refractivity contribution in [3.8, 4) is 5.75 Å². The average Bonchev–Trinajstić information content (AvgIpc) is 2.84. The summed E-state index contributed by atoms with van der Waals surface area (Å²) < 4.78 is 64.2. The lowest BCUT2D eigenvalue weighted by atomic mass is 10.2. The van der Waals surface area contributed by atoms with Crippen molar-refractivity contribution >= 4 is 37.3 Å². The third kappa shape index (κ3) is 4.83. The van der Waals surface area contributed by atoms with Gasteiger partial charge in [0.15, 0.2) is 6.10 Å². The summed E-state index contributed by atoms with van der Waals surface area (Å²) in [6.07, 6.45) is -1.07. The molecular weight excluding hydrogens is 470 g/mol. The van der Waals surface area contributed by atoms with E-state index in [1.54, 1.807) is 24.3 Å². The quantitative estimate of drug-likeness (QED) is 0.640. The van der Waals surface area contributed by atoms with Crippen LogP contribution in [0.15, 0.2) is 53.4 Å². The van der Waals surface area contributed by atoms with Crippen LogP contribution in [-0.2, 0) is 29.6 Å². The summed E-state index contributed by atoms with van der Waals surface area (Å²) in [7, 11) is -7.26. The van der Waals surface area contributed by atoms with Gasteiger partial charge in [0.1, 0.15) is 5.75 Å². The zero-order valence-corrected chi connectivity index (χ0v) is 19.6. The molecule has 1 saturated heterocycles. The number of hydrogen-bond acceptors (Lipinski definition) is 7. The minimum atomic E-state index is -3.65. The van der Waals surface area contributed by atoms with Crippen molar-refractivity contribution in [1.29, 1.82) is 0 Å². The Balaban J connectivity index is 1.49. The number of hydrogen-bond donors (Lipinski definition) is 1. The van der Waals surface area contributed by atoms with Crippen LogP contribution in [0.1, 0.15) is 6.92 Å². The zero-order valence-electron chi connectivity index (χ0n) is 18.0. The molecule has 1 N–H and O–H groups in total. The number of fused-ring (bicyclic) bond motifs is 1. The summed E-state index contributed by atoms with van der Waals surface area (Å²) in [4.78, 5) is 13.0. The summed E-state index contributed by atoms with van der Waals surface area (Å²) in [5, 5.41) is 2.68. The van der Waals surface area contributed by atoms with E-state index in [2.05, 4.69) is 5.32 Å². The number of carbonyl (C=O) groups excluding carboxylic acids is 1. The highest BCUT2D eigenvalue weighted by Gasteiger charge is 2.36. The monoisotopic (exact) mass is 495 g/mol. The highest BCUT2D eigenvalue weighted by Crippen LogP contribution is 2.35. The van der Waals surface area contributed by atoms with Crippen molar-refractivity contribution in [2.24, 2.45) is 0 Å². The molecule has 178 valence electrons. The first-order valence-corrected chi connectivity index (χ1v) is 13.5. The number of ether oxygens (including phenoxy) is 2. The second kappa shape index (κ2) is 9.29. The van der Waals surface area contributed by atoms with Crippen LogP contribution in [0.3, 0.4) is 0 Å². The number of morpholine rings is 1. The van der Waals surface area contributed by atoms with E-state index in [-0.39, 0.29) is 17.2 Å². The molecule has 10 nitrogen and oxygen atoms in total. The molecule has 2 aliphatic rings. The van der Waals surface area contributed by atoms with Gasteiger partial charge in [-0.2, -0.15) is 4.31 Å². The van der Waals surface area contributed by atoms with E-state index in [4.69, 9.17) is 9.47 Å². The Morgan fingerprint density at radius 2 is 1.70 bits per heavy atom. The van der Waals surface area contributed by atoms with Crippen LogP contribution >= 0.6 is 0 Å². The number of nitrogens with zero attached hydrogens (tertiary/aromatic N) is 2. The number of para-hydroxylation sites is 2. The van der Waals surface area contributed by atoms with Gasteiger partial charge in [-0.3, -0.25) is 9.10 Å². The molecule has 33 heavy (non-hydrogen) atoms. The Hall–Kier alpha value is -2.67. The van der Waals surface area contributed by atoms with Gasteiger partial charge < -0.3 is 14.8 Å². The topological polar surface area (TPSA) is 122 Å². The normalized spacial score (nSPS) is 19.4. The third-order valence-corrected chi connectivity index (χ3v) is 9.12. The van der Waals surface area contributed by atoms with Gasteiger partial charge in [-0.15, -0.1) is 0 Å². The molecule has 0 aliphatic carbocycles. The molecule has 0 aromatic heterocycles. The van der Waals surface area contributed by atoms with E-state index in [0.717, 1.165) is 0 Å². The molecule has 2 aromatic carbocycles. The lowest BCUT2D eigenvalue weighted by Crippen LogP contribution is -2.49. The fourth-order valence-corrected chi connectivity index (χ4v) is 6.16. The molecule has 4 rings (SSSR count). The first-order chi connectivity index (χ1) is 15.7. The summed E-state index contributed by atoms with van der Waals surface area (Å²) in [5.41, 5.74) is 0.759. The number of sulfonamides is 2. The van der Waals surface area contributed by atoms with Crippen LogP contribution in [0.5, 0.6) is 5.75 Å². The van der Waals surface area contributed by atoms with E-state index in [1.165, 1.54) is 39.8 Å². The average molecular weight is 496 g/mol. The SMILES string of the molecule is CCS(=O)(=O)N1C[C@H](C(=O)Nc2ccc(S(=O)(=O)N3CCOCC3)cc2)Oc2ccccc21. The van der Waals surface area contributed by atoms with Crippen LogP contribution in [-0.4, -0.2) is 71.8 Å².